The van der Waals surface area contributed by atoms with E-state index in [1.54, 1.807) is 7.11 Å². The minimum Gasteiger partial charge on any atom is -0.497 e. The van der Waals surface area contributed by atoms with E-state index in [4.69, 9.17) is 9.84 Å². The molecule has 19 heavy (non-hydrogen) atoms. The molecule has 1 aliphatic rings. The van der Waals surface area contributed by atoms with Crippen LogP contribution in [0.4, 0.5) is 0 Å². The molecule has 5 heteroatoms. The molecular weight excluding hydrogens is 244 g/mol. The zero-order chi connectivity index (χ0) is 13.8. The van der Waals surface area contributed by atoms with Gasteiger partial charge in [-0.25, -0.2) is 0 Å². The van der Waals surface area contributed by atoms with E-state index in [9.17, 15) is 4.79 Å². The molecule has 1 aliphatic carbocycles. The highest BCUT2D eigenvalue weighted by Gasteiger charge is 2.25. The van der Waals surface area contributed by atoms with Crippen molar-refractivity contribution in [1.29, 1.82) is 0 Å². The van der Waals surface area contributed by atoms with Crippen molar-refractivity contribution in [3.05, 3.63) is 23.5 Å². The van der Waals surface area contributed by atoms with Crippen LogP contribution in [-0.2, 0) is 11.3 Å². The number of nitrogens with zero attached hydrogens (tertiary/aromatic N) is 2. The zero-order valence-corrected chi connectivity index (χ0v) is 11.4. The monoisotopic (exact) mass is 264 g/mol. The summed E-state index contributed by atoms with van der Waals surface area (Å²) in [6.45, 7) is 3.37. The maximum atomic E-state index is 10.9. The summed E-state index contributed by atoms with van der Waals surface area (Å²) in [5.74, 6) is 0.635. The molecule has 2 rings (SSSR count). The fraction of sp³-hybridized carbons (Fsp3) is 0.571. The molecule has 1 N–H and O–H groups in total. The van der Waals surface area contributed by atoms with Crippen LogP contribution in [0, 0.1) is 12.8 Å². The van der Waals surface area contributed by atoms with Crippen molar-refractivity contribution >= 4 is 5.97 Å². The molecule has 104 valence electrons. The Hall–Kier alpha value is -1.62. The topological polar surface area (TPSA) is 62.7 Å². The van der Waals surface area contributed by atoms with E-state index in [0.717, 1.165) is 23.7 Å². The summed E-state index contributed by atoms with van der Waals surface area (Å²) in [7, 11) is 1.62. The van der Waals surface area contributed by atoms with Crippen LogP contribution < -0.4 is 4.74 Å². The van der Waals surface area contributed by atoms with Crippen molar-refractivity contribution in [3.8, 4) is 5.75 Å². The maximum Gasteiger partial charge on any atom is 0.317 e. The number of aryl methyl sites for hydroxylation is 1. The van der Waals surface area contributed by atoms with Gasteiger partial charge in [-0.3, -0.25) is 14.7 Å². The van der Waals surface area contributed by atoms with Crippen LogP contribution in [0.25, 0.3) is 0 Å². The Balaban J connectivity index is 2.05. The third kappa shape index (κ3) is 4.52. The molecule has 0 amide bonds. The maximum absolute atomic E-state index is 10.9. The fourth-order valence-corrected chi connectivity index (χ4v) is 2.17. The van der Waals surface area contributed by atoms with Gasteiger partial charge in [0.15, 0.2) is 0 Å². The largest absolute Gasteiger partial charge is 0.497 e. The molecule has 0 aliphatic heterocycles. The van der Waals surface area contributed by atoms with Crippen LogP contribution in [0.15, 0.2) is 12.1 Å². The fourth-order valence-electron chi connectivity index (χ4n) is 2.17. The standard InChI is InChI=1S/C14H20N2O3/c1-10-5-13(19-2)6-12(15-10)8-16(9-14(17)18)7-11-3-4-11/h5-6,11H,3-4,7-9H2,1-2H3,(H,17,18). The number of aliphatic carboxylic acids is 1. The predicted molar refractivity (Wildman–Crippen MR) is 71.2 cm³/mol. The average Bonchev–Trinajstić information content (AvgIpc) is 3.11. The van der Waals surface area contributed by atoms with Crippen molar-refractivity contribution in [2.24, 2.45) is 5.92 Å². The van der Waals surface area contributed by atoms with Gasteiger partial charge < -0.3 is 9.84 Å². The smallest absolute Gasteiger partial charge is 0.317 e. The van der Waals surface area contributed by atoms with E-state index in [0.29, 0.717) is 12.5 Å². The van der Waals surface area contributed by atoms with E-state index in [1.165, 1.54) is 12.8 Å². The molecule has 0 unspecified atom stereocenters. The molecule has 1 aromatic heterocycles. The Kier molecular flexibility index (Phi) is 4.37. The molecule has 0 saturated heterocycles. The highest BCUT2D eigenvalue weighted by atomic mass is 16.5. The molecule has 1 saturated carbocycles. The molecule has 1 heterocycles. The van der Waals surface area contributed by atoms with E-state index in [2.05, 4.69) is 4.98 Å². The second-order valence-electron chi connectivity index (χ2n) is 5.15. The number of pyridine rings is 1. The molecule has 0 radical (unpaired) electrons. The number of methoxy groups -OCH3 is 1. The highest BCUT2D eigenvalue weighted by molar-refractivity contribution is 5.69. The van der Waals surface area contributed by atoms with E-state index in [-0.39, 0.29) is 6.54 Å². The minimum atomic E-state index is -0.791. The first kappa shape index (κ1) is 13.8. The van der Waals surface area contributed by atoms with Gasteiger partial charge in [-0.05, 0) is 25.7 Å². The number of ether oxygens (including phenoxy) is 1. The van der Waals surface area contributed by atoms with Gasteiger partial charge in [-0.2, -0.15) is 0 Å². The molecule has 0 aromatic carbocycles. The summed E-state index contributed by atoms with van der Waals surface area (Å²) < 4.78 is 5.22. The summed E-state index contributed by atoms with van der Waals surface area (Å²) in [6, 6.07) is 3.74. The van der Waals surface area contributed by atoms with Gasteiger partial charge in [0.1, 0.15) is 5.75 Å². The van der Waals surface area contributed by atoms with Crippen LogP contribution in [0.2, 0.25) is 0 Å². The molecular formula is C14H20N2O3. The minimum absolute atomic E-state index is 0.0639. The lowest BCUT2D eigenvalue weighted by atomic mass is 10.2. The first-order chi connectivity index (χ1) is 9.06. The molecule has 1 aromatic rings. The summed E-state index contributed by atoms with van der Waals surface area (Å²) in [5.41, 5.74) is 1.75. The SMILES string of the molecule is COc1cc(C)nc(CN(CC(=O)O)CC2CC2)c1. The lowest BCUT2D eigenvalue weighted by Crippen LogP contribution is -2.31. The number of aromatic nitrogens is 1. The Labute approximate surface area is 113 Å². The third-order valence-corrected chi connectivity index (χ3v) is 3.17. The Bertz CT molecular complexity index is 458. The number of hydrogen-bond acceptors (Lipinski definition) is 4. The second kappa shape index (κ2) is 6.02. The van der Waals surface area contributed by atoms with Crippen LogP contribution in [-0.4, -0.2) is 41.2 Å². The Morgan fingerprint density at radius 2 is 2.26 bits per heavy atom. The zero-order valence-electron chi connectivity index (χ0n) is 11.4. The average molecular weight is 264 g/mol. The van der Waals surface area contributed by atoms with E-state index < -0.39 is 5.97 Å². The van der Waals surface area contributed by atoms with E-state index >= 15 is 0 Å². The van der Waals surface area contributed by atoms with Crippen LogP contribution in [0.5, 0.6) is 5.75 Å². The lowest BCUT2D eigenvalue weighted by molar-refractivity contribution is -0.138. The number of rotatable bonds is 7. The molecule has 0 bridgehead atoms. The summed E-state index contributed by atoms with van der Waals surface area (Å²) >= 11 is 0. The third-order valence-electron chi connectivity index (χ3n) is 3.17. The summed E-state index contributed by atoms with van der Waals surface area (Å²) in [4.78, 5) is 17.3. The van der Waals surface area contributed by atoms with Gasteiger partial charge in [0.2, 0.25) is 0 Å². The van der Waals surface area contributed by atoms with Crippen LogP contribution >= 0.6 is 0 Å². The first-order valence-corrected chi connectivity index (χ1v) is 6.52. The molecule has 1 fully saturated rings. The van der Waals surface area contributed by atoms with Gasteiger partial charge >= 0.3 is 5.97 Å². The predicted octanol–water partition coefficient (Wildman–Crippen LogP) is 1.70. The Morgan fingerprint density at radius 3 is 2.84 bits per heavy atom. The highest BCUT2D eigenvalue weighted by Crippen LogP contribution is 2.30. The van der Waals surface area contributed by atoms with Crippen molar-refractivity contribution in [2.75, 3.05) is 20.2 Å². The van der Waals surface area contributed by atoms with Gasteiger partial charge in [0.05, 0.1) is 19.3 Å². The quantitative estimate of drug-likeness (QED) is 0.812. The molecule has 0 spiro atoms. The van der Waals surface area contributed by atoms with Gasteiger partial charge in [-0.1, -0.05) is 0 Å². The van der Waals surface area contributed by atoms with Crippen molar-refractivity contribution < 1.29 is 14.6 Å². The van der Waals surface area contributed by atoms with Crippen molar-refractivity contribution in [2.45, 2.75) is 26.3 Å². The number of hydrogen-bond donors (Lipinski definition) is 1. The number of carboxylic acid groups (broad SMARTS) is 1. The first-order valence-electron chi connectivity index (χ1n) is 6.52. The van der Waals surface area contributed by atoms with Crippen LogP contribution in [0.3, 0.4) is 0 Å². The lowest BCUT2D eigenvalue weighted by Gasteiger charge is -2.20. The van der Waals surface area contributed by atoms with Crippen LogP contribution in [0.1, 0.15) is 24.2 Å². The molecule has 0 atom stereocenters. The molecule has 5 nitrogen and oxygen atoms in total. The van der Waals surface area contributed by atoms with Crippen molar-refractivity contribution in [1.82, 2.24) is 9.88 Å². The number of carboxylic acids is 1. The summed E-state index contributed by atoms with van der Waals surface area (Å²) in [6.07, 6.45) is 2.42. The van der Waals surface area contributed by atoms with E-state index in [1.807, 2.05) is 24.0 Å². The van der Waals surface area contributed by atoms with Gasteiger partial charge in [0.25, 0.3) is 0 Å². The normalized spacial score (nSPS) is 14.7. The number of carbonyl (C=O) groups is 1. The summed E-state index contributed by atoms with van der Waals surface area (Å²) in [5, 5.41) is 8.96. The second-order valence-corrected chi connectivity index (χ2v) is 5.15. The van der Waals surface area contributed by atoms with Gasteiger partial charge in [0, 0.05) is 30.9 Å². The van der Waals surface area contributed by atoms with Gasteiger partial charge in [-0.15, -0.1) is 0 Å². The Morgan fingerprint density at radius 1 is 1.53 bits per heavy atom. The van der Waals surface area contributed by atoms with Crippen molar-refractivity contribution in [3.63, 3.8) is 0 Å².